The van der Waals surface area contributed by atoms with Gasteiger partial charge >= 0.3 is 0 Å². The van der Waals surface area contributed by atoms with Crippen LogP contribution in [0, 0.1) is 0 Å². The summed E-state index contributed by atoms with van der Waals surface area (Å²) in [5.41, 5.74) is 1.15. The highest BCUT2D eigenvalue weighted by atomic mass is 16.1. The Morgan fingerprint density at radius 3 is 2.89 bits per heavy atom. The molecule has 0 aliphatic heterocycles. The minimum atomic E-state index is -0.0579. The zero-order valence-corrected chi connectivity index (χ0v) is 10.9. The van der Waals surface area contributed by atoms with E-state index in [0.29, 0.717) is 11.7 Å². The fourth-order valence-electron chi connectivity index (χ4n) is 1.63. The van der Waals surface area contributed by atoms with Gasteiger partial charge in [-0.15, -0.1) is 5.10 Å². The predicted octanol–water partition coefficient (Wildman–Crippen LogP) is 1.41. The Labute approximate surface area is 106 Å². The SMILES string of the molecule is CCC(C)n1ccc(CC(=O)c2cn(C)nn2)n1. The molecule has 0 aromatic carbocycles. The molecule has 0 spiro atoms. The van der Waals surface area contributed by atoms with Gasteiger partial charge in [0.15, 0.2) is 5.78 Å². The Bertz CT molecular complexity index is 542. The molecule has 2 aromatic heterocycles. The number of rotatable bonds is 5. The van der Waals surface area contributed by atoms with E-state index in [-0.39, 0.29) is 12.2 Å². The standard InChI is InChI=1S/C12H17N5O/c1-4-9(2)17-6-5-10(14-17)7-12(18)11-8-16(3)15-13-11/h5-6,8-9H,4,7H2,1-3H3. The monoisotopic (exact) mass is 247 g/mol. The number of carbonyl (C=O) groups excluding carboxylic acids is 1. The topological polar surface area (TPSA) is 65.6 Å². The van der Waals surface area contributed by atoms with Gasteiger partial charge < -0.3 is 0 Å². The Hall–Kier alpha value is -1.98. The predicted molar refractivity (Wildman–Crippen MR) is 66.3 cm³/mol. The van der Waals surface area contributed by atoms with Crippen LogP contribution in [-0.4, -0.2) is 30.6 Å². The number of aryl methyl sites for hydroxylation is 1. The second-order valence-electron chi connectivity index (χ2n) is 4.42. The number of carbonyl (C=O) groups is 1. The van der Waals surface area contributed by atoms with Crippen molar-refractivity contribution < 1.29 is 4.79 Å². The van der Waals surface area contributed by atoms with Crippen LogP contribution < -0.4 is 0 Å². The second-order valence-corrected chi connectivity index (χ2v) is 4.42. The number of aromatic nitrogens is 5. The molecule has 2 heterocycles. The van der Waals surface area contributed by atoms with Crippen LogP contribution in [0.2, 0.25) is 0 Å². The van der Waals surface area contributed by atoms with Gasteiger partial charge in [0, 0.05) is 19.3 Å². The molecule has 1 atom stereocenters. The summed E-state index contributed by atoms with van der Waals surface area (Å²) in [5.74, 6) is -0.0579. The summed E-state index contributed by atoms with van der Waals surface area (Å²) in [4.78, 5) is 11.9. The van der Waals surface area contributed by atoms with Gasteiger partial charge in [-0.2, -0.15) is 5.10 Å². The van der Waals surface area contributed by atoms with Crippen molar-refractivity contribution >= 4 is 5.78 Å². The lowest BCUT2D eigenvalue weighted by Crippen LogP contribution is -2.08. The minimum Gasteiger partial charge on any atom is -0.292 e. The van der Waals surface area contributed by atoms with Crippen molar-refractivity contribution in [1.82, 2.24) is 24.8 Å². The lowest BCUT2D eigenvalue weighted by atomic mass is 10.2. The van der Waals surface area contributed by atoms with Crippen molar-refractivity contribution in [3.63, 3.8) is 0 Å². The highest BCUT2D eigenvalue weighted by Gasteiger charge is 2.13. The molecule has 0 amide bonds. The van der Waals surface area contributed by atoms with E-state index < -0.39 is 0 Å². The van der Waals surface area contributed by atoms with Crippen LogP contribution in [0.4, 0.5) is 0 Å². The molecule has 1 unspecified atom stereocenters. The molecule has 0 radical (unpaired) electrons. The third-order valence-electron chi connectivity index (χ3n) is 2.94. The Morgan fingerprint density at radius 1 is 1.50 bits per heavy atom. The van der Waals surface area contributed by atoms with Crippen molar-refractivity contribution in [1.29, 1.82) is 0 Å². The van der Waals surface area contributed by atoms with Crippen LogP contribution in [-0.2, 0) is 13.5 Å². The van der Waals surface area contributed by atoms with Crippen molar-refractivity contribution in [2.75, 3.05) is 0 Å². The largest absolute Gasteiger partial charge is 0.292 e. The van der Waals surface area contributed by atoms with E-state index in [1.807, 2.05) is 16.9 Å². The Kier molecular flexibility index (Phi) is 3.55. The Balaban J connectivity index is 2.05. The highest BCUT2D eigenvalue weighted by Crippen LogP contribution is 2.10. The van der Waals surface area contributed by atoms with E-state index in [1.165, 1.54) is 4.68 Å². The first-order chi connectivity index (χ1) is 8.60. The van der Waals surface area contributed by atoms with Gasteiger partial charge in [0.2, 0.25) is 0 Å². The Morgan fingerprint density at radius 2 is 2.28 bits per heavy atom. The summed E-state index contributed by atoms with van der Waals surface area (Å²) >= 11 is 0. The second kappa shape index (κ2) is 5.12. The first kappa shape index (κ1) is 12.5. The first-order valence-corrected chi connectivity index (χ1v) is 6.03. The zero-order chi connectivity index (χ0) is 13.1. The van der Waals surface area contributed by atoms with E-state index in [4.69, 9.17) is 0 Å². The van der Waals surface area contributed by atoms with Gasteiger partial charge in [-0.1, -0.05) is 12.1 Å². The summed E-state index contributed by atoms with van der Waals surface area (Å²) in [6, 6.07) is 2.23. The molecule has 2 rings (SSSR count). The van der Waals surface area contributed by atoms with Gasteiger partial charge in [-0.3, -0.25) is 14.2 Å². The third-order valence-corrected chi connectivity index (χ3v) is 2.94. The fourth-order valence-corrected chi connectivity index (χ4v) is 1.63. The quantitative estimate of drug-likeness (QED) is 0.749. The van der Waals surface area contributed by atoms with Crippen molar-refractivity contribution in [2.45, 2.75) is 32.7 Å². The average Bonchev–Trinajstić information content (AvgIpc) is 2.97. The van der Waals surface area contributed by atoms with Crippen molar-refractivity contribution in [3.8, 4) is 0 Å². The van der Waals surface area contributed by atoms with E-state index in [0.717, 1.165) is 12.1 Å². The van der Waals surface area contributed by atoms with E-state index in [1.54, 1.807) is 13.2 Å². The van der Waals surface area contributed by atoms with Crippen LogP contribution in [0.15, 0.2) is 18.5 Å². The fraction of sp³-hybridized carbons (Fsp3) is 0.500. The molecular formula is C12H17N5O. The van der Waals surface area contributed by atoms with E-state index in [9.17, 15) is 4.79 Å². The lowest BCUT2D eigenvalue weighted by Gasteiger charge is -2.07. The van der Waals surface area contributed by atoms with Crippen LogP contribution in [0.3, 0.4) is 0 Å². The summed E-state index contributed by atoms with van der Waals surface area (Å²) in [5, 5.41) is 11.9. The van der Waals surface area contributed by atoms with Gasteiger partial charge in [0.25, 0.3) is 0 Å². The van der Waals surface area contributed by atoms with Crippen molar-refractivity contribution in [2.24, 2.45) is 7.05 Å². The summed E-state index contributed by atoms with van der Waals surface area (Å²) in [6.07, 6.45) is 4.81. The summed E-state index contributed by atoms with van der Waals surface area (Å²) < 4.78 is 3.41. The molecule has 6 heteroatoms. The molecule has 0 N–H and O–H groups in total. The minimum absolute atomic E-state index is 0.0579. The molecule has 2 aromatic rings. The number of Topliss-reactive ketones (excluding diaryl/α,β-unsaturated/α-hetero) is 1. The smallest absolute Gasteiger partial charge is 0.190 e. The maximum atomic E-state index is 11.9. The molecule has 0 aliphatic carbocycles. The van der Waals surface area contributed by atoms with Gasteiger partial charge in [-0.05, 0) is 19.4 Å². The van der Waals surface area contributed by atoms with Gasteiger partial charge in [-0.25, -0.2) is 0 Å². The molecule has 18 heavy (non-hydrogen) atoms. The average molecular weight is 247 g/mol. The van der Waals surface area contributed by atoms with Crippen molar-refractivity contribution in [3.05, 3.63) is 29.8 Å². The van der Waals surface area contributed by atoms with E-state index >= 15 is 0 Å². The molecule has 0 saturated carbocycles. The molecule has 0 bridgehead atoms. The van der Waals surface area contributed by atoms with E-state index in [2.05, 4.69) is 29.3 Å². The first-order valence-electron chi connectivity index (χ1n) is 6.03. The molecule has 0 saturated heterocycles. The maximum Gasteiger partial charge on any atom is 0.190 e. The maximum absolute atomic E-state index is 11.9. The molecule has 6 nitrogen and oxygen atoms in total. The highest BCUT2D eigenvalue weighted by molar-refractivity contribution is 5.95. The summed E-state index contributed by atoms with van der Waals surface area (Å²) in [6.45, 7) is 4.21. The van der Waals surface area contributed by atoms with Crippen LogP contribution >= 0.6 is 0 Å². The third kappa shape index (κ3) is 2.64. The number of ketones is 1. The number of hydrogen-bond donors (Lipinski definition) is 0. The van der Waals surface area contributed by atoms with Gasteiger partial charge in [0.05, 0.1) is 18.3 Å². The molecule has 96 valence electrons. The summed E-state index contributed by atoms with van der Waals surface area (Å²) in [7, 11) is 1.74. The number of nitrogens with zero attached hydrogens (tertiary/aromatic N) is 5. The number of hydrogen-bond acceptors (Lipinski definition) is 4. The normalized spacial score (nSPS) is 12.6. The zero-order valence-electron chi connectivity index (χ0n) is 10.9. The van der Waals surface area contributed by atoms with Crippen LogP contribution in [0.1, 0.15) is 42.5 Å². The lowest BCUT2D eigenvalue weighted by molar-refractivity contribution is 0.0987. The molecular weight excluding hydrogens is 230 g/mol. The van der Waals surface area contributed by atoms with Crippen LogP contribution in [0.25, 0.3) is 0 Å². The van der Waals surface area contributed by atoms with Crippen LogP contribution in [0.5, 0.6) is 0 Å². The van der Waals surface area contributed by atoms with Gasteiger partial charge in [0.1, 0.15) is 5.69 Å². The molecule has 0 fully saturated rings. The molecule has 0 aliphatic rings.